The summed E-state index contributed by atoms with van der Waals surface area (Å²) in [5, 5.41) is 15.7. The van der Waals surface area contributed by atoms with Gasteiger partial charge in [0, 0.05) is 29.4 Å². The Morgan fingerprint density at radius 1 is 1.05 bits per heavy atom. The number of hydrogen-bond donors (Lipinski definition) is 5. The Balaban J connectivity index is 1.17. The summed E-state index contributed by atoms with van der Waals surface area (Å²) in [5.74, 6) is 1.25. The lowest BCUT2D eigenvalue weighted by atomic mass is 9.86. The summed E-state index contributed by atoms with van der Waals surface area (Å²) < 4.78 is 6.00. The third-order valence-electron chi connectivity index (χ3n) is 8.22. The van der Waals surface area contributed by atoms with Crippen molar-refractivity contribution < 1.29 is 19.1 Å². The molecule has 0 radical (unpaired) electrons. The maximum Gasteiger partial charge on any atom is 0.326 e. The molecule has 6 rings (SSSR count). The Morgan fingerprint density at radius 2 is 1.83 bits per heavy atom. The molecule has 3 aliphatic heterocycles. The molecule has 2 aromatic rings. The van der Waals surface area contributed by atoms with E-state index in [0.29, 0.717) is 17.1 Å². The van der Waals surface area contributed by atoms with E-state index in [1.54, 1.807) is 7.05 Å². The number of hydrogen-bond acceptors (Lipinski definition) is 7. The minimum atomic E-state index is -0.220. The Hall–Kier alpha value is -3.54. The lowest BCUT2D eigenvalue weighted by Crippen LogP contribution is -2.62. The summed E-state index contributed by atoms with van der Waals surface area (Å²) in [4.78, 5) is 41.5. The minimum Gasteiger partial charge on any atom is -0.457 e. The number of nitrogens with one attached hydrogen (secondary N) is 5. The summed E-state index contributed by atoms with van der Waals surface area (Å²) in [6.45, 7) is 3.03. The standard InChI is InChI=1S/C30H36N6O4S/c1-17-14-21(40-20-6-4-3-5-7-20)10-11-22(17)36-23-12-13-32-29-25(23)26(35-30(36)39)27(41-29)28(38)34-19-9-8-18(15-19)33-24(37)16-31-2/h3-7,10-11,14,18-19,23,25,29,31-32H,8-9,12-13,15-16H2,1-2H3,(H,33,37)(H,34,38)(H,35,39)/t18-,19+,23?,25?,29?/m1/s1. The quantitative estimate of drug-likeness (QED) is 0.327. The van der Waals surface area contributed by atoms with Gasteiger partial charge in [0.15, 0.2) is 0 Å². The van der Waals surface area contributed by atoms with Gasteiger partial charge in [-0.25, -0.2) is 4.79 Å². The highest BCUT2D eigenvalue weighted by Crippen LogP contribution is 2.48. The van der Waals surface area contributed by atoms with E-state index in [4.69, 9.17) is 4.74 Å². The molecular formula is C30H36N6O4S. The van der Waals surface area contributed by atoms with Crippen LogP contribution < -0.4 is 36.2 Å². The Bertz CT molecular complexity index is 1370. The molecule has 41 heavy (non-hydrogen) atoms. The fourth-order valence-electron chi connectivity index (χ4n) is 6.42. The molecule has 11 heteroatoms. The first-order valence-electron chi connectivity index (χ1n) is 14.2. The summed E-state index contributed by atoms with van der Waals surface area (Å²) in [7, 11) is 1.74. The lowest BCUT2D eigenvalue weighted by molar-refractivity contribution is -0.120. The number of likely N-dealkylation sites (N-methyl/N-ethyl adjacent to an activating group) is 1. The number of thioether (sulfide) groups is 1. The fraction of sp³-hybridized carbons (Fsp3) is 0.433. The molecular weight excluding hydrogens is 540 g/mol. The van der Waals surface area contributed by atoms with Gasteiger partial charge in [0.25, 0.3) is 5.91 Å². The molecule has 3 heterocycles. The van der Waals surface area contributed by atoms with Gasteiger partial charge in [-0.2, -0.15) is 0 Å². The van der Waals surface area contributed by atoms with Crippen LogP contribution >= 0.6 is 11.8 Å². The van der Waals surface area contributed by atoms with E-state index >= 15 is 0 Å². The molecule has 3 unspecified atom stereocenters. The van der Waals surface area contributed by atoms with Crippen LogP contribution in [0.2, 0.25) is 0 Å². The van der Waals surface area contributed by atoms with Gasteiger partial charge in [-0.05, 0) is 82.1 Å². The van der Waals surface area contributed by atoms with E-state index in [1.165, 1.54) is 11.8 Å². The molecule has 2 aromatic carbocycles. The van der Waals surface area contributed by atoms with Crippen molar-refractivity contribution in [3.05, 3.63) is 64.7 Å². The number of rotatable bonds is 8. The van der Waals surface area contributed by atoms with Gasteiger partial charge >= 0.3 is 6.03 Å². The first-order valence-corrected chi connectivity index (χ1v) is 15.1. The van der Waals surface area contributed by atoms with Gasteiger partial charge in [0.05, 0.1) is 22.9 Å². The predicted octanol–water partition coefficient (Wildman–Crippen LogP) is 2.95. The SMILES string of the molecule is CNCC(=O)N[C@@H]1CC[C@H](NC(=O)C2=C3NC(=O)N(c4ccc(Oc5ccccc5)cc4C)C4CCNC(S2)C34)C1. The topological polar surface area (TPSA) is 124 Å². The average Bonchev–Trinajstić information content (AvgIpc) is 3.55. The molecule has 5 N–H and O–H groups in total. The van der Waals surface area contributed by atoms with Crippen LogP contribution in [0.4, 0.5) is 10.5 Å². The van der Waals surface area contributed by atoms with Gasteiger partial charge in [-0.3, -0.25) is 14.5 Å². The van der Waals surface area contributed by atoms with Crippen LogP contribution in [0.15, 0.2) is 59.1 Å². The predicted molar refractivity (Wildman–Crippen MR) is 159 cm³/mol. The molecule has 4 amide bonds. The second kappa shape index (κ2) is 11.8. The molecule has 1 aliphatic carbocycles. The first kappa shape index (κ1) is 27.6. The minimum absolute atomic E-state index is 0.00533. The largest absolute Gasteiger partial charge is 0.457 e. The summed E-state index contributed by atoms with van der Waals surface area (Å²) in [6, 6.07) is 15.2. The number of nitrogens with zero attached hydrogens (tertiary/aromatic N) is 1. The van der Waals surface area contributed by atoms with Gasteiger partial charge < -0.3 is 31.3 Å². The van der Waals surface area contributed by atoms with Crippen LogP contribution in [-0.2, 0) is 9.59 Å². The number of para-hydroxylation sites is 1. The number of piperidine rings is 1. The van der Waals surface area contributed by atoms with Crippen LogP contribution in [0.1, 0.15) is 31.2 Å². The van der Waals surface area contributed by atoms with E-state index in [-0.39, 0.29) is 53.8 Å². The monoisotopic (exact) mass is 576 g/mol. The highest BCUT2D eigenvalue weighted by molar-refractivity contribution is 8.04. The van der Waals surface area contributed by atoms with Crippen molar-refractivity contribution in [2.24, 2.45) is 5.92 Å². The molecule has 0 aromatic heterocycles. The van der Waals surface area contributed by atoms with Crippen molar-refractivity contribution in [2.45, 2.75) is 56.1 Å². The van der Waals surface area contributed by atoms with Gasteiger partial charge in [-0.15, -0.1) is 0 Å². The maximum atomic E-state index is 13.6. The zero-order chi connectivity index (χ0) is 28.5. The molecule has 0 spiro atoms. The van der Waals surface area contributed by atoms with Crippen molar-refractivity contribution in [2.75, 3.05) is 25.0 Å². The number of ether oxygens (including phenoxy) is 1. The van der Waals surface area contributed by atoms with E-state index < -0.39 is 0 Å². The Labute approximate surface area is 244 Å². The van der Waals surface area contributed by atoms with Gasteiger partial charge in [-0.1, -0.05) is 30.0 Å². The van der Waals surface area contributed by atoms with Crippen molar-refractivity contribution in [3.8, 4) is 11.5 Å². The number of anilines is 1. The van der Waals surface area contributed by atoms with Crippen molar-refractivity contribution >= 4 is 35.3 Å². The average molecular weight is 577 g/mol. The number of carbonyl (C=O) groups is 3. The molecule has 5 atom stereocenters. The second-order valence-corrected chi connectivity index (χ2v) is 12.2. The van der Waals surface area contributed by atoms with E-state index in [0.717, 1.165) is 48.5 Å². The molecule has 10 nitrogen and oxygen atoms in total. The smallest absolute Gasteiger partial charge is 0.326 e. The zero-order valence-corrected chi connectivity index (χ0v) is 24.1. The van der Waals surface area contributed by atoms with Crippen LogP contribution in [-0.4, -0.2) is 61.5 Å². The van der Waals surface area contributed by atoms with E-state index in [9.17, 15) is 14.4 Å². The van der Waals surface area contributed by atoms with Crippen LogP contribution in [0.3, 0.4) is 0 Å². The number of carbonyl (C=O) groups excluding carboxylic acids is 3. The van der Waals surface area contributed by atoms with Crippen LogP contribution in [0, 0.1) is 12.8 Å². The number of amides is 4. The van der Waals surface area contributed by atoms with E-state index in [1.807, 2.05) is 60.4 Å². The summed E-state index contributed by atoms with van der Waals surface area (Å²) >= 11 is 1.50. The second-order valence-electron chi connectivity index (χ2n) is 11.1. The molecule has 4 aliphatic rings. The first-order chi connectivity index (χ1) is 19.9. The number of benzene rings is 2. The highest BCUT2D eigenvalue weighted by atomic mass is 32.2. The molecule has 2 saturated heterocycles. The van der Waals surface area contributed by atoms with E-state index in [2.05, 4.69) is 26.6 Å². The Kier molecular flexibility index (Phi) is 7.92. The van der Waals surface area contributed by atoms with Gasteiger partial charge in [0.1, 0.15) is 11.5 Å². The fourth-order valence-corrected chi connectivity index (χ4v) is 7.82. The molecule has 216 valence electrons. The van der Waals surface area contributed by atoms with Crippen molar-refractivity contribution in [1.82, 2.24) is 26.6 Å². The van der Waals surface area contributed by atoms with Crippen LogP contribution in [0.5, 0.6) is 11.5 Å². The number of urea groups is 1. The summed E-state index contributed by atoms with van der Waals surface area (Å²) in [6.07, 6.45) is 3.12. The van der Waals surface area contributed by atoms with Crippen LogP contribution in [0.25, 0.3) is 0 Å². The normalized spacial score (nSPS) is 26.8. The van der Waals surface area contributed by atoms with Crippen molar-refractivity contribution in [3.63, 3.8) is 0 Å². The molecule has 0 bridgehead atoms. The third kappa shape index (κ3) is 5.66. The maximum absolute atomic E-state index is 13.6. The highest BCUT2D eigenvalue weighted by Gasteiger charge is 2.52. The molecule has 1 saturated carbocycles. The van der Waals surface area contributed by atoms with Crippen molar-refractivity contribution in [1.29, 1.82) is 0 Å². The summed E-state index contributed by atoms with van der Waals surface area (Å²) in [5.41, 5.74) is 2.50. The Morgan fingerprint density at radius 3 is 2.59 bits per heavy atom. The lowest BCUT2D eigenvalue weighted by Gasteiger charge is -2.46. The molecule has 3 fully saturated rings. The number of aryl methyl sites for hydroxylation is 1. The van der Waals surface area contributed by atoms with Gasteiger partial charge in [0.2, 0.25) is 5.91 Å². The third-order valence-corrected chi connectivity index (χ3v) is 9.58. The zero-order valence-electron chi connectivity index (χ0n) is 23.2.